The van der Waals surface area contributed by atoms with E-state index in [-0.39, 0.29) is 17.2 Å². The normalized spacial score (nSPS) is 12.4. The summed E-state index contributed by atoms with van der Waals surface area (Å²) in [6.07, 6.45) is 1.88. The topological polar surface area (TPSA) is 86.8 Å². The Kier molecular flexibility index (Phi) is 5.58. The van der Waals surface area contributed by atoms with Gasteiger partial charge in [-0.05, 0) is 36.2 Å². The number of benzene rings is 1. The van der Waals surface area contributed by atoms with Gasteiger partial charge in [-0.1, -0.05) is 11.6 Å². The average molecular weight is 377 g/mol. The van der Waals surface area contributed by atoms with Crippen molar-refractivity contribution in [1.82, 2.24) is 10.3 Å². The van der Waals surface area contributed by atoms with Gasteiger partial charge in [-0.25, -0.2) is 4.79 Å². The molecule has 7 nitrogen and oxygen atoms in total. The number of aromatic nitrogens is 1. The number of pyridine rings is 1. The van der Waals surface area contributed by atoms with Gasteiger partial charge in [0, 0.05) is 12.7 Å². The van der Waals surface area contributed by atoms with E-state index in [1.165, 1.54) is 25.4 Å². The molecule has 0 aliphatic carbocycles. The van der Waals surface area contributed by atoms with Gasteiger partial charge in [0.15, 0.2) is 11.5 Å². The monoisotopic (exact) mass is 376 g/mol. The third-order valence-corrected chi connectivity index (χ3v) is 4.05. The van der Waals surface area contributed by atoms with Crippen LogP contribution in [-0.2, 0) is 11.2 Å². The molecular weight excluding hydrogens is 360 g/mol. The Balaban J connectivity index is 1.57. The Bertz CT molecular complexity index is 823. The van der Waals surface area contributed by atoms with E-state index in [0.29, 0.717) is 42.7 Å². The van der Waals surface area contributed by atoms with Gasteiger partial charge in [-0.15, -0.1) is 0 Å². The summed E-state index contributed by atoms with van der Waals surface area (Å²) in [5.74, 6) is 0.343. The van der Waals surface area contributed by atoms with Crippen molar-refractivity contribution in [2.75, 3.05) is 26.9 Å². The minimum atomic E-state index is -0.500. The molecule has 0 unspecified atom stereocenters. The van der Waals surface area contributed by atoms with Gasteiger partial charge < -0.3 is 19.5 Å². The summed E-state index contributed by atoms with van der Waals surface area (Å²) >= 11 is 6.20. The molecule has 1 aromatic heterocycles. The number of nitrogens with zero attached hydrogens (tertiary/aromatic N) is 1. The first-order valence-corrected chi connectivity index (χ1v) is 8.37. The lowest BCUT2D eigenvalue weighted by Gasteiger charge is -2.20. The standard InChI is InChI=1S/C18H17ClN2O5/c1-24-18(23)12-2-3-14(21-10-12)17(22)20-5-4-11-8-13(19)16-15(9-11)25-6-7-26-16/h2-3,8-10H,4-7H2,1H3,(H,20,22). The van der Waals surface area contributed by atoms with E-state index < -0.39 is 5.97 Å². The molecule has 1 amide bonds. The van der Waals surface area contributed by atoms with E-state index in [1.807, 2.05) is 6.07 Å². The van der Waals surface area contributed by atoms with Crippen molar-refractivity contribution < 1.29 is 23.8 Å². The summed E-state index contributed by atoms with van der Waals surface area (Å²) in [7, 11) is 1.28. The Hall–Kier alpha value is -2.80. The fraction of sp³-hybridized carbons (Fsp3) is 0.278. The Morgan fingerprint density at radius 3 is 2.81 bits per heavy atom. The van der Waals surface area contributed by atoms with Crippen LogP contribution in [0.15, 0.2) is 30.5 Å². The fourth-order valence-corrected chi connectivity index (χ4v) is 2.77. The zero-order valence-electron chi connectivity index (χ0n) is 14.1. The molecule has 1 aliphatic rings. The predicted molar refractivity (Wildman–Crippen MR) is 94.1 cm³/mol. The van der Waals surface area contributed by atoms with Crippen LogP contribution in [0.1, 0.15) is 26.4 Å². The van der Waals surface area contributed by atoms with Crippen LogP contribution in [-0.4, -0.2) is 43.7 Å². The molecule has 0 fully saturated rings. The van der Waals surface area contributed by atoms with Gasteiger partial charge in [-0.2, -0.15) is 0 Å². The lowest BCUT2D eigenvalue weighted by atomic mass is 10.1. The molecule has 1 aromatic carbocycles. The fourth-order valence-electron chi connectivity index (χ4n) is 2.49. The first-order valence-electron chi connectivity index (χ1n) is 7.99. The van der Waals surface area contributed by atoms with Crippen molar-refractivity contribution in [2.45, 2.75) is 6.42 Å². The van der Waals surface area contributed by atoms with Gasteiger partial charge in [0.1, 0.15) is 18.9 Å². The molecule has 1 N–H and O–H groups in total. The molecule has 2 heterocycles. The van der Waals surface area contributed by atoms with Crippen molar-refractivity contribution >= 4 is 23.5 Å². The Labute approximate surface area is 155 Å². The number of fused-ring (bicyclic) bond motifs is 1. The molecule has 0 spiro atoms. The number of amides is 1. The van der Waals surface area contributed by atoms with Crippen molar-refractivity contribution in [2.24, 2.45) is 0 Å². The van der Waals surface area contributed by atoms with E-state index in [2.05, 4.69) is 15.0 Å². The van der Waals surface area contributed by atoms with Gasteiger partial charge in [0.05, 0.1) is 17.7 Å². The highest BCUT2D eigenvalue weighted by Gasteiger charge is 2.17. The first kappa shape index (κ1) is 18.0. The number of methoxy groups -OCH3 is 1. The molecule has 8 heteroatoms. The molecule has 0 atom stereocenters. The molecule has 0 bridgehead atoms. The second-order valence-electron chi connectivity index (χ2n) is 5.53. The number of nitrogens with one attached hydrogen (secondary N) is 1. The number of carbonyl (C=O) groups is 2. The molecule has 0 saturated carbocycles. The van der Waals surface area contributed by atoms with E-state index in [0.717, 1.165) is 5.56 Å². The molecule has 1 aliphatic heterocycles. The minimum absolute atomic E-state index is 0.220. The summed E-state index contributed by atoms with van der Waals surface area (Å²) in [6, 6.07) is 6.62. The van der Waals surface area contributed by atoms with Gasteiger partial charge in [0.25, 0.3) is 5.91 Å². The zero-order valence-corrected chi connectivity index (χ0v) is 14.8. The molecule has 2 aromatic rings. The number of carbonyl (C=O) groups excluding carboxylic acids is 2. The molecule has 136 valence electrons. The maximum Gasteiger partial charge on any atom is 0.339 e. The van der Waals surface area contributed by atoms with E-state index in [4.69, 9.17) is 21.1 Å². The molecule has 0 radical (unpaired) electrons. The van der Waals surface area contributed by atoms with Crippen molar-refractivity contribution in [1.29, 1.82) is 0 Å². The number of hydrogen-bond acceptors (Lipinski definition) is 6. The second-order valence-corrected chi connectivity index (χ2v) is 5.94. The van der Waals surface area contributed by atoms with Crippen molar-refractivity contribution in [3.63, 3.8) is 0 Å². The van der Waals surface area contributed by atoms with Crippen LogP contribution in [0.3, 0.4) is 0 Å². The molecular formula is C18H17ClN2O5. The summed E-state index contributed by atoms with van der Waals surface area (Å²) < 4.78 is 15.6. The highest BCUT2D eigenvalue weighted by atomic mass is 35.5. The maximum atomic E-state index is 12.1. The van der Waals surface area contributed by atoms with Gasteiger partial charge in [0.2, 0.25) is 0 Å². The lowest BCUT2D eigenvalue weighted by molar-refractivity contribution is 0.0599. The summed E-state index contributed by atoms with van der Waals surface area (Å²) in [6.45, 7) is 1.36. The number of ether oxygens (including phenoxy) is 3. The third-order valence-electron chi connectivity index (χ3n) is 3.77. The Morgan fingerprint density at radius 1 is 1.27 bits per heavy atom. The van der Waals surface area contributed by atoms with E-state index >= 15 is 0 Å². The SMILES string of the molecule is COC(=O)c1ccc(C(=O)NCCc2cc(Cl)c3c(c2)OCCO3)nc1. The van der Waals surface area contributed by atoms with Crippen LogP contribution >= 0.6 is 11.6 Å². The van der Waals surface area contributed by atoms with E-state index in [1.54, 1.807) is 6.07 Å². The van der Waals surface area contributed by atoms with Crippen LogP contribution in [0.25, 0.3) is 0 Å². The summed E-state index contributed by atoms with van der Waals surface area (Å²) in [5.41, 5.74) is 1.43. The summed E-state index contributed by atoms with van der Waals surface area (Å²) in [4.78, 5) is 27.5. The van der Waals surface area contributed by atoms with Gasteiger partial charge >= 0.3 is 5.97 Å². The highest BCUT2D eigenvalue weighted by molar-refractivity contribution is 6.32. The number of rotatable bonds is 5. The van der Waals surface area contributed by atoms with Crippen LogP contribution in [0.5, 0.6) is 11.5 Å². The van der Waals surface area contributed by atoms with Crippen LogP contribution in [0, 0.1) is 0 Å². The quantitative estimate of drug-likeness (QED) is 0.805. The lowest BCUT2D eigenvalue weighted by Crippen LogP contribution is -2.26. The number of halogens is 1. The number of esters is 1. The molecule has 0 saturated heterocycles. The Morgan fingerprint density at radius 2 is 2.08 bits per heavy atom. The second kappa shape index (κ2) is 8.05. The smallest absolute Gasteiger partial charge is 0.339 e. The van der Waals surface area contributed by atoms with Crippen molar-refractivity contribution in [3.8, 4) is 11.5 Å². The zero-order chi connectivity index (χ0) is 18.5. The van der Waals surface area contributed by atoms with Crippen LogP contribution in [0.2, 0.25) is 5.02 Å². The maximum absolute atomic E-state index is 12.1. The largest absolute Gasteiger partial charge is 0.486 e. The van der Waals surface area contributed by atoms with E-state index in [9.17, 15) is 9.59 Å². The average Bonchev–Trinajstić information content (AvgIpc) is 2.67. The van der Waals surface area contributed by atoms with Crippen LogP contribution in [0.4, 0.5) is 0 Å². The van der Waals surface area contributed by atoms with Crippen molar-refractivity contribution in [3.05, 3.63) is 52.3 Å². The summed E-state index contributed by atoms with van der Waals surface area (Å²) in [5, 5.41) is 3.27. The third kappa shape index (κ3) is 4.05. The van der Waals surface area contributed by atoms with Crippen LogP contribution < -0.4 is 14.8 Å². The molecule has 26 heavy (non-hydrogen) atoms. The highest BCUT2D eigenvalue weighted by Crippen LogP contribution is 2.38. The predicted octanol–water partition coefficient (Wildman–Crippen LogP) is 2.27. The first-order chi connectivity index (χ1) is 12.6. The minimum Gasteiger partial charge on any atom is -0.486 e. The molecule has 3 rings (SSSR count). The van der Waals surface area contributed by atoms with Gasteiger partial charge in [-0.3, -0.25) is 9.78 Å². The number of hydrogen-bond donors (Lipinski definition) is 1.